The Morgan fingerprint density at radius 3 is 1.70 bits per heavy atom. The van der Waals surface area contributed by atoms with Crippen LogP contribution in [0.4, 0.5) is 22.7 Å². The molecule has 0 saturated carbocycles. The fraction of sp³-hybridized carbons (Fsp3) is 0.270. The van der Waals surface area contributed by atoms with Gasteiger partial charge in [0.15, 0.2) is 0 Å². The number of hydrogen-bond acceptors (Lipinski definition) is 4. The molecule has 0 radical (unpaired) electrons. The minimum atomic E-state index is -0.411. The summed E-state index contributed by atoms with van der Waals surface area (Å²) in [6.07, 6.45) is 1.92. The van der Waals surface area contributed by atoms with E-state index in [1.54, 1.807) is 0 Å². The van der Waals surface area contributed by atoms with Gasteiger partial charge in [-0.1, -0.05) is 212 Å². The van der Waals surface area contributed by atoms with Crippen LogP contribution in [0.2, 0.25) is 0 Å². The molecule has 5 nitrogen and oxygen atoms in total. The van der Waals surface area contributed by atoms with Crippen LogP contribution in [-0.2, 0) is 42.7 Å². The molecule has 0 bridgehead atoms. The average Bonchev–Trinajstić information content (AvgIpc) is 4.00. The Hall–Kier alpha value is -7.20. The van der Waals surface area contributed by atoms with Crippen molar-refractivity contribution in [3.05, 3.63) is 245 Å². The third-order valence-electron chi connectivity index (χ3n) is 16.6. The number of pyridine rings is 1. The van der Waals surface area contributed by atoms with Gasteiger partial charge in [0.25, 0.3) is 0 Å². The third kappa shape index (κ3) is 10.4. The molecule has 0 aliphatic carbocycles. The van der Waals surface area contributed by atoms with Gasteiger partial charge in [-0.2, -0.15) is 6.07 Å². The first-order valence-electron chi connectivity index (χ1n) is 28.2. The van der Waals surface area contributed by atoms with Crippen LogP contribution in [0.3, 0.4) is 0 Å². The molecule has 1 aliphatic rings. The molecule has 0 spiro atoms. The monoisotopic (exact) mass is 1230 g/mol. The Kier molecular flexibility index (Phi) is 15.0. The van der Waals surface area contributed by atoms with E-state index < -0.39 is 5.41 Å². The second-order valence-electron chi connectivity index (χ2n) is 25.5. The van der Waals surface area contributed by atoms with Crippen LogP contribution in [0.5, 0.6) is 11.5 Å². The molecule has 410 valence electrons. The van der Waals surface area contributed by atoms with Gasteiger partial charge in [-0.3, -0.25) is 0 Å². The molecule has 8 aromatic carbocycles. The first-order chi connectivity index (χ1) is 37.6. The molecule has 80 heavy (non-hydrogen) atoms. The van der Waals surface area contributed by atoms with E-state index in [9.17, 15) is 0 Å². The molecule has 0 fully saturated rings. The molecule has 0 atom stereocenters. The fourth-order valence-corrected chi connectivity index (χ4v) is 11.6. The van der Waals surface area contributed by atoms with E-state index in [2.05, 4.69) is 300 Å². The van der Waals surface area contributed by atoms with E-state index in [0.29, 0.717) is 23.3 Å². The van der Waals surface area contributed by atoms with Crippen molar-refractivity contribution in [2.75, 3.05) is 9.80 Å². The summed E-state index contributed by atoms with van der Waals surface area (Å²) in [5.74, 6) is 2.72. The average molecular weight is 1230 g/mol. The van der Waals surface area contributed by atoms with Gasteiger partial charge in [0.2, 0.25) is 0 Å². The van der Waals surface area contributed by atoms with Crippen molar-refractivity contribution >= 4 is 44.6 Å². The Morgan fingerprint density at radius 1 is 0.475 bits per heavy atom. The van der Waals surface area contributed by atoms with Crippen molar-refractivity contribution in [2.24, 2.45) is 0 Å². The van der Waals surface area contributed by atoms with Crippen LogP contribution in [0.1, 0.15) is 153 Å². The Morgan fingerprint density at radius 2 is 1.07 bits per heavy atom. The molecule has 0 saturated heterocycles. The van der Waals surface area contributed by atoms with Crippen LogP contribution < -0.4 is 14.5 Å². The largest absolute Gasteiger partial charge is 0.509 e. The maximum Gasteiger partial charge on any atom is 0.135 e. The summed E-state index contributed by atoms with van der Waals surface area (Å²) >= 11 is 0. The Balaban J connectivity index is 0.00000720. The molecular weight excluding hydrogens is 1160 g/mol. The van der Waals surface area contributed by atoms with Gasteiger partial charge in [-0.15, -0.1) is 53.6 Å². The SMILES string of the molecule is CC(C)c1cccc(C(C)C)c1-c1ccc2c(c1)N(c1cc(C(C)(C)C)cc(C(C)(C)c3ccccc3)c1)[CH-]N2c1[c-]c(Oc2[c-]c3c(cc2)c2ccccc2n3-c2cc(C(C)(C)C)ccn2)cc(C(C)(C)c2ccccc2)c1.[Pt]. The van der Waals surface area contributed by atoms with Gasteiger partial charge in [0, 0.05) is 66.8 Å². The molecule has 10 aromatic rings. The number of para-hydroxylation sites is 1. The van der Waals surface area contributed by atoms with E-state index in [1.165, 1.54) is 50.1 Å². The molecule has 0 unspecified atom stereocenters. The quantitative estimate of drug-likeness (QED) is 0.114. The molecule has 0 amide bonds. The van der Waals surface area contributed by atoms with Gasteiger partial charge in [0.1, 0.15) is 5.82 Å². The zero-order chi connectivity index (χ0) is 55.8. The van der Waals surface area contributed by atoms with Crippen molar-refractivity contribution in [3.63, 3.8) is 0 Å². The first-order valence-corrected chi connectivity index (χ1v) is 28.2. The van der Waals surface area contributed by atoms with Crippen molar-refractivity contribution < 1.29 is 25.8 Å². The summed E-state index contributed by atoms with van der Waals surface area (Å²) in [7, 11) is 0. The van der Waals surface area contributed by atoms with Crippen molar-refractivity contribution in [1.29, 1.82) is 0 Å². The number of nitrogens with zero attached hydrogens (tertiary/aromatic N) is 4. The summed E-state index contributed by atoms with van der Waals surface area (Å²) in [6, 6.07) is 72.0. The molecule has 2 aromatic heterocycles. The number of hydrogen-bond donors (Lipinski definition) is 0. The van der Waals surface area contributed by atoms with E-state index in [-0.39, 0.29) is 37.3 Å². The van der Waals surface area contributed by atoms with Gasteiger partial charge in [-0.05, 0) is 126 Å². The number of ether oxygens (including phenoxy) is 1. The van der Waals surface area contributed by atoms with E-state index >= 15 is 0 Å². The second kappa shape index (κ2) is 21.4. The number of aromatic nitrogens is 2. The molecule has 11 rings (SSSR count). The maximum atomic E-state index is 7.12. The zero-order valence-corrected chi connectivity index (χ0v) is 51.3. The van der Waals surface area contributed by atoms with E-state index in [4.69, 9.17) is 9.72 Å². The van der Waals surface area contributed by atoms with Gasteiger partial charge in [0.05, 0.1) is 0 Å². The molecule has 1 aliphatic heterocycles. The topological polar surface area (TPSA) is 33.5 Å². The standard InChI is InChI=1S/C74H75N4O.Pt/c1-48(2)61-29-23-30-62(49(3)4)70(61)50-32-35-66-68(38-50)77(57-40-54(72(8,9)10)39-55(41-57)73(11,12)51-24-17-15-18-25-51)47-76(66)58-42-56(74(13,14)52-26-19-16-20-27-52)43-60(45-58)79-59-33-34-64-63-28-21-22-31-65(63)78(67(64)46-59)69-44-53(36-37-75-69)71(5,6)7;/h15-44,47-49H,1-14H3;/q-3;. The van der Waals surface area contributed by atoms with Crippen LogP contribution in [0.15, 0.2) is 182 Å². The molecule has 0 N–H and O–H groups in total. The normalized spacial score (nSPS) is 13.2. The fourth-order valence-electron chi connectivity index (χ4n) is 11.6. The molecule has 6 heteroatoms. The number of anilines is 4. The van der Waals surface area contributed by atoms with Crippen molar-refractivity contribution in [1.82, 2.24) is 9.55 Å². The Labute approximate surface area is 491 Å². The number of fused-ring (bicyclic) bond motifs is 4. The Bertz CT molecular complexity index is 3860. The smallest absolute Gasteiger partial charge is 0.135 e. The molecular formula is C74H75N4OPt-3. The van der Waals surface area contributed by atoms with Gasteiger partial charge < -0.3 is 19.1 Å². The van der Waals surface area contributed by atoms with Crippen molar-refractivity contribution in [2.45, 2.75) is 130 Å². The summed E-state index contributed by atoms with van der Waals surface area (Å²) in [5, 5.41) is 2.22. The van der Waals surface area contributed by atoms with Crippen LogP contribution in [0, 0.1) is 18.8 Å². The predicted molar refractivity (Wildman–Crippen MR) is 332 cm³/mol. The van der Waals surface area contributed by atoms with Crippen LogP contribution >= 0.6 is 0 Å². The number of rotatable bonds is 12. The predicted octanol–water partition coefficient (Wildman–Crippen LogP) is 20.1. The summed E-state index contributed by atoms with van der Waals surface area (Å²) in [5.41, 5.74) is 17.8. The minimum absolute atomic E-state index is 0. The van der Waals surface area contributed by atoms with Gasteiger partial charge >= 0.3 is 0 Å². The van der Waals surface area contributed by atoms with Crippen LogP contribution in [-0.4, -0.2) is 9.55 Å². The molecule has 3 heterocycles. The first kappa shape index (κ1) is 56.1. The maximum absolute atomic E-state index is 7.12. The second-order valence-corrected chi connectivity index (χ2v) is 25.5. The summed E-state index contributed by atoms with van der Waals surface area (Å²) in [6.45, 7) is 34.5. The van der Waals surface area contributed by atoms with E-state index in [0.717, 1.165) is 55.9 Å². The number of benzene rings is 8. The van der Waals surface area contributed by atoms with Gasteiger partial charge in [-0.25, -0.2) is 4.98 Å². The van der Waals surface area contributed by atoms with E-state index in [1.807, 2.05) is 12.3 Å². The third-order valence-corrected chi connectivity index (χ3v) is 16.6. The zero-order valence-electron chi connectivity index (χ0n) is 49.1. The van der Waals surface area contributed by atoms with Crippen molar-refractivity contribution in [3.8, 4) is 28.4 Å². The van der Waals surface area contributed by atoms with Crippen LogP contribution in [0.25, 0.3) is 38.8 Å². The summed E-state index contributed by atoms with van der Waals surface area (Å²) in [4.78, 5) is 9.69. The minimum Gasteiger partial charge on any atom is -0.509 e. The summed E-state index contributed by atoms with van der Waals surface area (Å²) < 4.78 is 9.34.